The molecule has 4 rings (SSSR count). The van der Waals surface area contributed by atoms with Gasteiger partial charge in [0, 0.05) is 6.54 Å². The van der Waals surface area contributed by atoms with E-state index in [2.05, 4.69) is 10.3 Å². The zero-order valence-corrected chi connectivity index (χ0v) is 20.4. The molecule has 8 nitrogen and oxygen atoms in total. The van der Waals surface area contributed by atoms with Crippen molar-refractivity contribution in [1.29, 1.82) is 0 Å². The SMILES string of the molecule is COC(=O)c1ccc2c(=O)n(Cc3ccco3)c(SC(C)C(=O)NCc3ccc(C)cc3)nc2c1. The van der Waals surface area contributed by atoms with Crippen LogP contribution >= 0.6 is 11.8 Å². The number of hydrogen-bond acceptors (Lipinski definition) is 7. The minimum absolute atomic E-state index is 0.160. The highest BCUT2D eigenvalue weighted by Crippen LogP contribution is 2.24. The zero-order valence-electron chi connectivity index (χ0n) is 19.6. The van der Waals surface area contributed by atoms with Crippen LogP contribution in [0.15, 0.2) is 75.2 Å². The molecule has 2 aromatic carbocycles. The van der Waals surface area contributed by atoms with Crippen LogP contribution < -0.4 is 10.9 Å². The first-order valence-electron chi connectivity index (χ1n) is 11.0. The van der Waals surface area contributed by atoms with Gasteiger partial charge in [-0.2, -0.15) is 0 Å². The summed E-state index contributed by atoms with van der Waals surface area (Å²) in [4.78, 5) is 42.8. The molecule has 0 aliphatic carbocycles. The number of carbonyl (C=O) groups is 2. The van der Waals surface area contributed by atoms with Crippen LogP contribution in [0.5, 0.6) is 0 Å². The quantitative estimate of drug-likeness (QED) is 0.226. The van der Waals surface area contributed by atoms with Gasteiger partial charge in [-0.25, -0.2) is 9.78 Å². The lowest BCUT2D eigenvalue weighted by Crippen LogP contribution is -2.31. The first-order valence-corrected chi connectivity index (χ1v) is 11.9. The molecule has 1 amide bonds. The van der Waals surface area contributed by atoms with Gasteiger partial charge in [0.25, 0.3) is 5.56 Å². The summed E-state index contributed by atoms with van der Waals surface area (Å²) in [6, 6.07) is 16.0. The Morgan fingerprint density at radius 3 is 2.63 bits per heavy atom. The van der Waals surface area contributed by atoms with Crippen LogP contribution in [0.1, 0.15) is 34.2 Å². The van der Waals surface area contributed by atoms with Crippen LogP contribution in [0, 0.1) is 6.92 Å². The number of nitrogens with zero attached hydrogens (tertiary/aromatic N) is 2. The molecule has 2 heterocycles. The first kappa shape index (κ1) is 24.3. The predicted molar refractivity (Wildman–Crippen MR) is 133 cm³/mol. The van der Waals surface area contributed by atoms with Gasteiger partial charge in [-0.15, -0.1) is 0 Å². The Morgan fingerprint density at radius 1 is 1.17 bits per heavy atom. The molecule has 1 N–H and O–H groups in total. The second kappa shape index (κ2) is 10.6. The number of aryl methyl sites for hydroxylation is 1. The van der Waals surface area contributed by atoms with E-state index in [-0.39, 0.29) is 23.6 Å². The topological polar surface area (TPSA) is 103 Å². The van der Waals surface area contributed by atoms with E-state index in [0.29, 0.717) is 28.4 Å². The van der Waals surface area contributed by atoms with Crippen molar-refractivity contribution in [3.63, 3.8) is 0 Å². The van der Waals surface area contributed by atoms with Crippen LogP contribution in [-0.4, -0.2) is 33.8 Å². The maximum Gasteiger partial charge on any atom is 0.337 e. The zero-order chi connectivity index (χ0) is 24.9. The monoisotopic (exact) mass is 491 g/mol. The third-order valence-corrected chi connectivity index (χ3v) is 6.56. The lowest BCUT2D eigenvalue weighted by Gasteiger charge is -2.16. The third-order valence-electron chi connectivity index (χ3n) is 5.47. The number of esters is 1. The van der Waals surface area contributed by atoms with Crippen LogP contribution in [0.2, 0.25) is 0 Å². The molecular formula is C26H25N3O5S. The average molecular weight is 492 g/mol. The van der Waals surface area contributed by atoms with Crippen molar-refractivity contribution in [2.45, 2.75) is 37.3 Å². The van der Waals surface area contributed by atoms with Gasteiger partial charge in [0.05, 0.1) is 41.6 Å². The Morgan fingerprint density at radius 2 is 1.94 bits per heavy atom. The fourth-order valence-corrected chi connectivity index (χ4v) is 4.42. The van der Waals surface area contributed by atoms with Crippen LogP contribution in [0.4, 0.5) is 0 Å². The van der Waals surface area contributed by atoms with E-state index in [0.717, 1.165) is 11.1 Å². The number of rotatable bonds is 8. The molecular weight excluding hydrogens is 466 g/mol. The van der Waals surface area contributed by atoms with E-state index in [4.69, 9.17) is 9.15 Å². The molecule has 2 aromatic heterocycles. The average Bonchev–Trinajstić information content (AvgIpc) is 3.38. The number of benzene rings is 2. The summed E-state index contributed by atoms with van der Waals surface area (Å²) in [5.41, 5.74) is 2.49. The van der Waals surface area contributed by atoms with Gasteiger partial charge >= 0.3 is 5.97 Å². The molecule has 9 heteroatoms. The molecule has 0 aliphatic heterocycles. The third kappa shape index (κ3) is 5.63. The fourth-order valence-electron chi connectivity index (χ4n) is 3.48. The Labute approximate surface area is 206 Å². The van der Waals surface area contributed by atoms with E-state index in [9.17, 15) is 14.4 Å². The Bertz CT molecular complexity index is 1410. The van der Waals surface area contributed by atoms with Crippen molar-refractivity contribution in [1.82, 2.24) is 14.9 Å². The molecule has 1 atom stereocenters. The Balaban J connectivity index is 1.63. The molecule has 180 valence electrons. The molecule has 0 aliphatic rings. The van der Waals surface area contributed by atoms with Crippen molar-refractivity contribution in [2.75, 3.05) is 7.11 Å². The van der Waals surface area contributed by atoms with Crippen LogP contribution in [0.3, 0.4) is 0 Å². The second-order valence-electron chi connectivity index (χ2n) is 8.05. The van der Waals surface area contributed by atoms with Crippen molar-refractivity contribution in [3.8, 4) is 0 Å². The fraction of sp³-hybridized carbons (Fsp3) is 0.231. The van der Waals surface area contributed by atoms with Crippen molar-refractivity contribution in [3.05, 3.63) is 93.7 Å². The molecule has 1 unspecified atom stereocenters. The molecule has 0 radical (unpaired) electrons. The van der Waals surface area contributed by atoms with E-state index in [1.54, 1.807) is 25.1 Å². The van der Waals surface area contributed by atoms with E-state index >= 15 is 0 Å². The number of amides is 1. The molecule has 0 saturated carbocycles. The summed E-state index contributed by atoms with van der Waals surface area (Å²) < 4.78 is 11.7. The van der Waals surface area contributed by atoms with E-state index < -0.39 is 11.2 Å². The van der Waals surface area contributed by atoms with Gasteiger partial charge in [0.1, 0.15) is 5.76 Å². The number of thioether (sulfide) groups is 1. The predicted octanol–water partition coefficient (Wildman–Crippen LogP) is 3.93. The summed E-state index contributed by atoms with van der Waals surface area (Å²) in [6.07, 6.45) is 1.53. The van der Waals surface area contributed by atoms with Gasteiger partial charge in [0.2, 0.25) is 5.91 Å². The minimum atomic E-state index is -0.531. The van der Waals surface area contributed by atoms with Crippen LogP contribution in [0.25, 0.3) is 10.9 Å². The number of nitrogens with one attached hydrogen (secondary N) is 1. The smallest absolute Gasteiger partial charge is 0.337 e. The van der Waals surface area contributed by atoms with Crippen molar-refractivity contribution in [2.24, 2.45) is 0 Å². The first-order chi connectivity index (χ1) is 16.9. The molecule has 0 saturated heterocycles. The maximum atomic E-state index is 13.4. The highest BCUT2D eigenvalue weighted by atomic mass is 32.2. The van der Waals surface area contributed by atoms with Gasteiger partial charge in [-0.1, -0.05) is 41.6 Å². The summed E-state index contributed by atoms with van der Waals surface area (Å²) in [7, 11) is 1.29. The maximum absolute atomic E-state index is 13.4. The van der Waals surface area contributed by atoms with Crippen molar-refractivity contribution < 1.29 is 18.7 Å². The lowest BCUT2D eigenvalue weighted by molar-refractivity contribution is -0.120. The standard InChI is InChI=1S/C26H25N3O5S/c1-16-6-8-18(9-7-16)14-27-23(30)17(2)35-26-28-22-13-19(25(32)33-3)10-11-21(22)24(31)29(26)15-20-5-4-12-34-20/h4-13,17H,14-15H2,1-3H3,(H,27,30). The van der Waals surface area contributed by atoms with Gasteiger partial charge < -0.3 is 14.5 Å². The summed E-state index contributed by atoms with van der Waals surface area (Å²) in [5.74, 6) is -0.123. The second-order valence-corrected chi connectivity index (χ2v) is 9.36. The van der Waals surface area contributed by atoms with Gasteiger partial charge in [-0.05, 0) is 49.7 Å². The highest BCUT2D eigenvalue weighted by molar-refractivity contribution is 8.00. The largest absolute Gasteiger partial charge is 0.467 e. The Kier molecular flexibility index (Phi) is 7.36. The van der Waals surface area contributed by atoms with Gasteiger partial charge in [-0.3, -0.25) is 14.2 Å². The molecule has 35 heavy (non-hydrogen) atoms. The molecule has 0 fully saturated rings. The molecule has 4 aromatic rings. The lowest BCUT2D eigenvalue weighted by atomic mass is 10.1. The summed E-state index contributed by atoms with van der Waals surface area (Å²) >= 11 is 1.17. The van der Waals surface area contributed by atoms with Gasteiger partial charge in [0.15, 0.2) is 5.16 Å². The normalized spacial score (nSPS) is 11.9. The summed E-state index contributed by atoms with van der Waals surface area (Å²) in [5, 5.41) is 3.10. The summed E-state index contributed by atoms with van der Waals surface area (Å²) in [6.45, 7) is 4.33. The Hall–Kier alpha value is -3.85. The van der Waals surface area contributed by atoms with E-state index in [1.807, 2.05) is 31.2 Å². The number of ether oxygens (including phenoxy) is 1. The van der Waals surface area contributed by atoms with E-state index in [1.165, 1.54) is 41.8 Å². The molecule has 0 bridgehead atoms. The number of furan rings is 1. The number of methoxy groups -OCH3 is 1. The van der Waals surface area contributed by atoms with Crippen molar-refractivity contribution >= 4 is 34.5 Å². The minimum Gasteiger partial charge on any atom is -0.467 e. The number of carbonyl (C=O) groups excluding carboxylic acids is 2. The number of fused-ring (bicyclic) bond motifs is 1. The van der Waals surface area contributed by atoms with Crippen LogP contribution in [-0.2, 0) is 22.6 Å². The number of aromatic nitrogens is 2. The highest BCUT2D eigenvalue weighted by Gasteiger charge is 2.21. The molecule has 0 spiro atoms. The number of hydrogen-bond donors (Lipinski definition) is 1.